The summed E-state index contributed by atoms with van der Waals surface area (Å²) in [6.45, 7) is 7.34. The first-order chi connectivity index (χ1) is 11.4. The van der Waals surface area contributed by atoms with E-state index in [9.17, 15) is 4.79 Å². The normalized spacial score (nSPS) is 14.6. The van der Waals surface area contributed by atoms with Gasteiger partial charge in [-0.3, -0.25) is 4.79 Å². The molecule has 124 valence electrons. The molecule has 0 saturated carbocycles. The van der Waals surface area contributed by atoms with Crippen molar-refractivity contribution in [3.05, 3.63) is 72.1 Å². The first-order valence-electron chi connectivity index (χ1n) is 8.34. The van der Waals surface area contributed by atoms with Crippen molar-refractivity contribution in [1.29, 1.82) is 0 Å². The van der Waals surface area contributed by atoms with Crippen LogP contribution in [0.25, 0.3) is 10.8 Å². The number of nitrogens with one attached hydrogen (secondary N) is 1. The third-order valence-electron chi connectivity index (χ3n) is 4.27. The highest BCUT2D eigenvalue weighted by molar-refractivity contribution is 5.86. The topological polar surface area (TPSA) is 32.3 Å². The Morgan fingerprint density at radius 1 is 1.12 bits per heavy atom. The number of allylic oxidation sites excluding steroid dienone is 1. The lowest BCUT2D eigenvalue weighted by atomic mass is 10.0. The fraction of sp³-hybridized carbons (Fsp3) is 0.286. The average molecular weight is 320 g/mol. The smallest absolute Gasteiger partial charge is 0.228 e. The molecule has 3 heteroatoms. The highest BCUT2D eigenvalue weighted by Crippen LogP contribution is 2.18. The molecule has 0 saturated heterocycles. The van der Waals surface area contributed by atoms with Crippen molar-refractivity contribution >= 4 is 16.7 Å². The molecule has 0 unspecified atom stereocenters. The molecule has 0 fully saturated rings. The molecule has 1 heterocycles. The summed E-state index contributed by atoms with van der Waals surface area (Å²) in [5.74, 6) is 0.0189. The minimum absolute atomic E-state index is 0.0189. The maximum absolute atomic E-state index is 12.3. The minimum Gasteiger partial charge on any atom is -0.369 e. The molecule has 3 rings (SSSR count). The number of hydrogen-bond acceptors (Lipinski definition) is 2. The molecule has 0 aliphatic carbocycles. The van der Waals surface area contributed by atoms with Crippen molar-refractivity contribution in [2.24, 2.45) is 0 Å². The largest absolute Gasteiger partial charge is 0.369 e. The molecule has 24 heavy (non-hydrogen) atoms. The zero-order valence-corrected chi connectivity index (χ0v) is 14.5. The van der Waals surface area contributed by atoms with Crippen LogP contribution in [0.15, 0.2) is 66.5 Å². The fourth-order valence-electron chi connectivity index (χ4n) is 2.83. The summed E-state index contributed by atoms with van der Waals surface area (Å²) in [4.78, 5) is 14.5. The lowest BCUT2D eigenvalue weighted by Gasteiger charge is -2.35. The van der Waals surface area contributed by atoms with E-state index in [0.29, 0.717) is 6.42 Å². The van der Waals surface area contributed by atoms with E-state index in [4.69, 9.17) is 0 Å². The molecule has 3 nitrogen and oxygen atoms in total. The second-order valence-corrected chi connectivity index (χ2v) is 7.20. The van der Waals surface area contributed by atoms with Crippen molar-refractivity contribution in [3.63, 3.8) is 0 Å². The lowest BCUT2D eigenvalue weighted by Crippen LogP contribution is -2.39. The van der Waals surface area contributed by atoms with Crippen LogP contribution in [0.3, 0.4) is 0 Å². The van der Waals surface area contributed by atoms with Gasteiger partial charge in [-0.15, -0.1) is 0 Å². The van der Waals surface area contributed by atoms with Crippen LogP contribution >= 0.6 is 0 Å². The maximum Gasteiger partial charge on any atom is 0.228 e. The van der Waals surface area contributed by atoms with Crippen LogP contribution in [0, 0.1) is 0 Å². The summed E-state index contributed by atoms with van der Waals surface area (Å²) >= 11 is 0. The van der Waals surface area contributed by atoms with E-state index in [0.717, 1.165) is 17.8 Å². The Kier molecular flexibility index (Phi) is 4.43. The second-order valence-electron chi connectivity index (χ2n) is 7.20. The highest BCUT2D eigenvalue weighted by atomic mass is 16.1. The summed E-state index contributed by atoms with van der Waals surface area (Å²) in [7, 11) is 0. The van der Waals surface area contributed by atoms with Crippen LogP contribution in [0.5, 0.6) is 0 Å². The van der Waals surface area contributed by atoms with Crippen LogP contribution in [-0.4, -0.2) is 22.9 Å². The molecule has 1 aliphatic heterocycles. The number of nitrogens with zero attached hydrogens (tertiary/aromatic N) is 1. The van der Waals surface area contributed by atoms with Crippen molar-refractivity contribution in [3.8, 4) is 0 Å². The van der Waals surface area contributed by atoms with Gasteiger partial charge in [0.2, 0.25) is 5.91 Å². The molecule has 0 spiro atoms. The van der Waals surface area contributed by atoms with Crippen molar-refractivity contribution in [2.75, 3.05) is 6.54 Å². The summed E-state index contributed by atoms with van der Waals surface area (Å²) in [6, 6.07) is 14.4. The molecular formula is C21H24N2O. The molecular weight excluding hydrogens is 296 g/mol. The van der Waals surface area contributed by atoms with E-state index in [1.54, 1.807) is 0 Å². The van der Waals surface area contributed by atoms with Gasteiger partial charge in [-0.2, -0.15) is 0 Å². The number of hydrogen-bond donors (Lipinski definition) is 1. The molecule has 2 aromatic carbocycles. The van der Waals surface area contributed by atoms with Crippen molar-refractivity contribution in [2.45, 2.75) is 32.7 Å². The summed E-state index contributed by atoms with van der Waals surface area (Å²) in [5.41, 5.74) is 2.00. The van der Waals surface area contributed by atoms with Gasteiger partial charge in [-0.1, -0.05) is 42.5 Å². The predicted octanol–water partition coefficient (Wildman–Crippen LogP) is 4.01. The zero-order valence-electron chi connectivity index (χ0n) is 14.5. The van der Waals surface area contributed by atoms with Gasteiger partial charge in [-0.05, 0) is 49.3 Å². The third kappa shape index (κ3) is 3.85. The SMILES string of the molecule is CC(C)(C)N1C=CC(NC(=O)Cc2ccc3ccccc3c2)=CC1. The highest BCUT2D eigenvalue weighted by Gasteiger charge is 2.19. The lowest BCUT2D eigenvalue weighted by molar-refractivity contribution is -0.119. The monoisotopic (exact) mass is 320 g/mol. The van der Waals surface area contributed by atoms with Crippen LogP contribution in [0.1, 0.15) is 26.3 Å². The fourth-order valence-corrected chi connectivity index (χ4v) is 2.83. The van der Waals surface area contributed by atoms with Gasteiger partial charge in [0.1, 0.15) is 0 Å². The summed E-state index contributed by atoms with van der Waals surface area (Å²) in [6.07, 6.45) is 6.46. The van der Waals surface area contributed by atoms with E-state index in [1.165, 1.54) is 10.8 Å². The van der Waals surface area contributed by atoms with E-state index in [1.807, 2.05) is 30.5 Å². The Labute approximate surface area is 143 Å². The average Bonchev–Trinajstić information content (AvgIpc) is 2.54. The molecule has 0 atom stereocenters. The molecule has 0 bridgehead atoms. The molecule has 1 amide bonds. The number of fused-ring (bicyclic) bond motifs is 1. The third-order valence-corrected chi connectivity index (χ3v) is 4.27. The van der Waals surface area contributed by atoms with E-state index in [-0.39, 0.29) is 11.4 Å². The van der Waals surface area contributed by atoms with Crippen molar-refractivity contribution in [1.82, 2.24) is 10.2 Å². The van der Waals surface area contributed by atoms with Crippen LogP contribution in [0.2, 0.25) is 0 Å². The first kappa shape index (κ1) is 16.3. The Bertz CT molecular complexity index is 812. The molecule has 0 aromatic heterocycles. The molecule has 0 radical (unpaired) electrons. The summed E-state index contributed by atoms with van der Waals surface area (Å²) < 4.78 is 0. The van der Waals surface area contributed by atoms with Gasteiger partial charge in [-0.25, -0.2) is 0 Å². The maximum atomic E-state index is 12.3. The van der Waals surface area contributed by atoms with Crippen LogP contribution in [-0.2, 0) is 11.2 Å². The Balaban J connectivity index is 1.61. The molecule has 1 aliphatic rings. The Morgan fingerprint density at radius 3 is 2.54 bits per heavy atom. The number of benzene rings is 2. The predicted molar refractivity (Wildman–Crippen MR) is 99.5 cm³/mol. The number of rotatable bonds is 3. The van der Waals surface area contributed by atoms with Crippen molar-refractivity contribution < 1.29 is 4.79 Å². The summed E-state index contributed by atoms with van der Waals surface area (Å²) in [5, 5.41) is 5.36. The van der Waals surface area contributed by atoms with Gasteiger partial charge in [0, 0.05) is 24.0 Å². The number of carbonyl (C=O) groups is 1. The Hall–Kier alpha value is -2.55. The van der Waals surface area contributed by atoms with Gasteiger partial charge < -0.3 is 10.2 Å². The molecule has 2 aromatic rings. The van der Waals surface area contributed by atoms with Gasteiger partial charge in [0.05, 0.1) is 6.42 Å². The minimum atomic E-state index is 0.0189. The van der Waals surface area contributed by atoms with E-state index < -0.39 is 0 Å². The van der Waals surface area contributed by atoms with E-state index in [2.05, 4.69) is 61.3 Å². The standard InChI is InChI=1S/C21H24N2O/c1-21(2,3)23-12-10-19(11-13-23)22-20(24)15-16-8-9-17-6-4-5-7-18(17)14-16/h4-12,14H,13,15H2,1-3H3,(H,22,24). The number of amides is 1. The quantitative estimate of drug-likeness (QED) is 0.927. The molecule has 1 N–H and O–H groups in total. The number of carbonyl (C=O) groups excluding carboxylic acids is 1. The van der Waals surface area contributed by atoms with Gasteiger partial charge >= 0.3 is 0 Å². The van der Waals surface area contributed by atoms with Crippen LogP contribution in [0.4, 0.5) is 0 Å². The Morgan fingerprint density at radius 2 is 1.88 bits per heavy atom. The van der Waals surface area contributed by atoms with Gasteiger partial charge in [0.25, 0.3) is 0 Å². The first-order valence-corrected chi connectivity index (χ1v) is 8.34. The zero-order chi connectivity index (χ0) is 17.2. The van der Waals surface area contributed by atoms with Crippen LogP contribution < -0.4 is 5.32 Å². The van der Waals surface area contributed by atoms with Gasteiger partial charge in [0.15, 0.2) is 0 Å². The van der Waals surface area contributed by atoms with E-state index >= 15 is 0 Å². The second kappa shape index (κ2) is 6.52.